The molecule has 54 heavy (non-hydrogen) atoms. The Morgan fingerprint density at radius 3 is 1.22 bits per heavy atom. The number of carbonyl (C=O) groups is 1. The molecule has 0 spiro atoms. The third kappa shape index (κ3) is 42.6. The van der Waals surface area contributed by atoms with E-state index in [1.165, 1.54) is 173 Å². The number of phosphoric acid groups is 1. The first kappa shape index (κ1) is 53.5. The number of unbranched alkanes of at least 4 members (excludes halogenated alkanes) is 30. The minimum Gasteiger partial charge on any atom is -0.756 e. The van der Waals surface area contributed by atoms with Gasteiger partial charge in [0.25, 0.3) is 7.82 Å². The minimum atomic E-state index is -4.51. The average molecular weight is 790 g/mol. The van der Waals surface area contributed by atoms with E-state index in [9.17, 15) is 14.3 Å². The van der Waals surface area contributed by atoms with Crippen LogP contribution in [0.1, 0.15) is 226 Å². The van der Waals surface area contributed by atoms with E-state index in [2.05, 4.69) is 13.8 Å². The zero-order valence-corrected chi connectivity index (χ0v) is 37.6. The summed E-state index contributed by atoms with van der Waals surface area (Å²) in [5.41, 5.74) is 0. The van der Waals surface area contributed by atoms with Gasteiger partial charge in [0.1, 0.15) is 19.3 Å². The summed E-state index contributed by atoms with van der Waals surface area (Å²) >= 11 is 0. The van der Waals surface area contributed by atoms with Crippen molar-refractivity contribution < 1.29 is 37.3 Å². The number of hydrogen-bond acceptors (Lipinski definition) is 7. The highest BCUT2D eigenvalue weighted by molar-refractivity contribution is 7.45. The van der Waals surface area contributed by atoms with Crippen LogP contribution in [0.25, 0.3) is 0 Å². The van der Waals surface area contributed by atoms with Crippen molar-refractivity contribution in [3.63, 3.8) is 0 Å². The summed E-state index contributed by atoms with van der Waals surface area (Å²) in [5, 5.41) is 0. The van der Waals surface area contributed by atoms with Crippen molar-refractivity contribution in [3.8, 4) is 0 Å². The Hall–Kier alpha value is -0.500. The zero-order chi connectivity index (χ0) is 39.9. The van der Waals surface area contributed by atoms with Crippen LogP contribution in [0.3, 0.4) is 0 Å². The summed E-state index contributed by atoms with van der Waals surface area (Å²) in [5.74, 6) is -0.327. The van der Waals surface area contributed by atoms with Crippen LogP contribution in [0.2, 0.25) is 0 Å². The zero-order valence-electron chi connectivity index (χ0n) is 36.7. The number of carbonyl (C=O) groups excluding carboxylic acids is 1. The van der Waals surface area contributed by atoms with Gasteiger partial charge in [-0.25, -0.2) is 0 Å². The molecule has 0 aromatic carbocycles. The molecule has 0 fully saturated rings. The quantitative estimate of drug-likeness (QED) is 0.0262. The molecule has 0 aromatic rings. The molecule has 0 saturated carbocycles. The highest BCUT2D eigenvalue weighted by Crippen LogP contribution is 2.38. The van der Waals surface area contributed by atoms with Crippen LogP contribution in [0.15, 0.2) is 0 Å². The van der Waals surface area contributed by atoms with Crippen molar-refractivity contribution in [3.05, 3.63) is 0 Å². The van der Waals surface area contributed by atoms with Crippen LogP contribution < -0.4 is 4.89 Å². The number of likely N-dealkylation sites (N-methyl/N-ethyl adjacent to an activating group) is 1. The molecule has 9 heteroatoms. The number of hydrogen-bond donors (Lipinski definition) is 0. The third-order valence-electron chi connectivity index (χ3n) is 10.4. The van der Waals surface area contributed by atoms with Gasteiger partial charge in [-0.1, -0.05) is 206 Å². The molecule has 0 aliphatic rings. The largest absolute Gasteiger partial charge is 0.756 e. The Kier molecular flexibility index (Phi) is 39.0. The first-order valence-electron chi connectivity index (χ1n) is 23.3. The SMILES string of the molecule is CCCCCCCCCCCCCCCCCCCCCCC(=O)OC(COCCCCCCCCCCCCCC)COP(=O)([O-])OCC[N+](C)(C)C. The van der Waals surface area contributed by atoms with Gasteiger partial charge in [0.15, 0.2) is 0 Å². The van der Waals surface area contributed by atoms with Crippen molar-refractivity contribution >= 4 is 13.8 Å². The maximum Gasteiger partial charge on any atom is 0.306 e. The van der Waals surface area contributed by atoms with Gasteiger partial charge in [0, 0.05) is 13.0 Å². The number of phosphoric ester groups is 1. The van der Waals surface area contributed by atoms with Gasteiger partial charge in [-0.2, -0.15) is 0 Å². The predicted octanol–water partition coefficient (Wildman–Crippen LogP) is 13.0. The van der Waals surface area contributed by atoms with E-state index < -0.39 is 13.9 Å². The molecule has 0 rings (SSSR count). The Balaban J connectivity index is 4.10. The maximum absolute atomic E-state index is 12.7. The molecule has 0 aliphatic carbocycles. The Labute approximate surface area is 336 Å². The second-order valence-electron chi connectivity index (χ2n) is 17.1. The van der Waals surface area contributed by atoms with E-state index in [-0.39, 0.29) is 25.8 Å². The van der Waals surface area contributed by atoms with Crippen LogP contribution in [0, 0.1) is 0 Å². The van der Waals surface area contributed by atoms with Gasteiger partial charge in [0.2, 0.25) is 0 Å². The third-order valence-corrected chi connectivity index (χ3v) is 11.4. The monoisotopic (exact) mass is 790 g/mol. The fraction of sp³-hybridized carbons (Fsp3) is 0.978. The lowest BCUT2D eigenvalue weighted by Crippen LogP contribution is -2.37. The van der Waals surface area contributed by atoms with Gasteiger partial charge < -0.3 is 27.9 Å². The fourth-order valence-electron chi connectivity index (χ4n) is 6.78. The Morgan fingerprint density at radius 2 is 0.852 bits per heavy atom. The van der Waals surface area contributed by atoms with E-state index in [1.54, 1.807) is 0 Å². The molecule has 0 aliphatic heterocycles. The lowest BCUT2D eigenvalue weighted by Gasteiger charge is -2.28. The standard InChI is InChI=1S/C45H92NO7P/c1-6-8-10-12-14-16-18-20-21-22-23-24-25-26-27-28-30-32-34-36-38-45(47)53-44(43-52-54(48,49)51-41-39-46(3,4)5)42-50-40-37-35-33-31-29-19-17-15-13-11-9-7-2/h44H,6-43H2,1-5H3. The number of quaternary nitrogens is 1. The molecule has 0 aromatic heterocycles. The first-order chi connectivity index (χ1) is 26.1. The second kappa shape index (κ2) is 39.3. The summed E-state index contributed by atoms with van der Waals surface area (Å²) in [7, 11) is 1.37. The number of nitrogens with zero attached hydrogens (tertiary/aromatic N) is 1. The first-order valence-corrected chi connectivity index (χ1v) is 24.7. The van der Waals surface area contributed by atoms with Gasteiger partial charge in [-0.15, -0.1) is 0 Å². The van der Waals surface area contributed by atoms with Crippen molar-refractivity contribution in [2.45, 2.75) is 232 Å². The van der Waals surface area contributed by atoms with Crippen molar-refractivity contribution in [1.29, 1.82) is 0 Å². The maximum atomic E-state index is 12.7. The molecular formula is C45H92NO7P. The number of rotatable bonds is 44. The molecule has 324 valence electrons. The van der Waals surface area contributed by atoms with Gasteiger partial charge in [-0.3, -0.25) is 9.36 Å². The summed E-state index contributed by atoms with van der Waals surface area (Å²) in [4.78, 5) is 25.1. The Bertz CT molecular complexity index is 837. The molecule has 0 heterocycles. The number of esters is 1. The van der Waals surface area contributed by atoms with Crippen molar-refractivity contribution in [2.24, 2.45) is 0 Å². The van der Waals surface area contributed by atoms with E-state index >= 15 is 0 Å². The smallest absolute Gasteiger partial charge is 0.306 e. The average Bonchev–Trinajstić information content (AvgIpc) is 3.12. The van der Waals surface area contributed by atoms with Gasteiger partial charge in [0.05, 0.1) is 34.4 Å². The normalized spacial score (nSPS) is 13.7. The van der Waals surface area contributed by atoms with Crippen molar-refractivity contribution in [1.82, 2.24) is 0 Å². The molecule has 2 unspecified atom stereocenters. The molecule has 2 atom stereocenters. The molecule has 0 N–H and O–H groups in total. The van der Waals surface area contributed by atoms with E-state index in [4.69, 9.17) is 18.5 Å². The summed E-state index contributed by atoms with van der Waals surface area (Å²) < 4.78 is 34.6. The lowest BCUT2D eigenvalue weighted by molar-refractivity contribution is -0.870. The predicted molar refractivity (Wildman–Crippen MR) is 227 cm³/mol. The van der Waals surface area contributed by atoms with Crippen molar-refractivity contribution in [2.75, 3.05) is 54.1 Å². The van der Waals surface area contributed by atoms with Gasteiger partial charge in [-0.05, 0) is 12.8 Å². The van der Waals surface area contributed by atoms with E-state index in [1.807, 2.05) is 21.1 Å². The topological polar surface area (TPSA) is 94.1 Å². The molecule has 0 amide bonds. The second-order valence-corrected chi connectivity index (χ2v) is 18.5. The summed E-state index contributed by atoms with van der Waals surface area (Å²) in [6.45, 7) is 5.47. The highest BCUT2D eigenvalue weighted by atomic mass is 31.2. The molecule has 0 bridgehead atoms. The van der Waals surface area contributed by atoms with Crippen LogP contribution in [-0.4, -0.2) is 70.7 Å². The van der Waals surface area contributed by atoms with Crippen LogP contribution in [0.4, 0.5) is 0 Å². The summed E-state index contributed by atoms with van der Waals surface area (Å²) in [6, 6.07) is 0. The molecule has 8 nitrogen and oxygen atoms in total. The molecule has 0 radical (unpaired) electrons. The number of ether oxygens (including phenoxy) is 2. The molecule has 0 saturated heterocycles. The van der Waals surface area contributed by atoms with Crippen LogP contribution >= 0.6 is 7.82 Å². The Morgan fingerprint density at radius 1 is 0.500 bits per heavy atom. The van der Waals surface area contributed by atoms with E-state index in [0.29, 0.717) is 24.1 Å². The molecular weight excluding hydrogens is 697 g/mol. The highest BCUT2D eigenvalue weighted by Gasteiger charge is 2.20. The van der Waals surface area contributed by atoms with Crippen LogP contribution in [-0.2, 0) is 27.9 Å². The van der Waals surface area contributed by atoms with Gasteiger partial charge >= 0.3 is 5.97 Å². The van der Waals surface area contributed by atoms with E-state index in [0.717, 1.165) is 32.1 Å². The summed E-state index contributed by atoms with van der Waals surface area (Å²) in [6.07, 6.45) is 41.1. The lowest BCUT2D eigenvalue weighted by atomic mass is 10.0. The fourth-order valence-corrected chi connectivity index (χ4v) is 7.51. The van der Waals surface area contributed by atoms with Crippen LogP contribution in [0.5, 0.6) is 0 Å². The minimum absolute atomic E-state index is 0.0314.